The number of aryl methyl sites for hydroxylation is 1. The van der Waals surface area contributed by atoms with Gasteiger partial charge in [-0.1, -0.05) is 0 Å². The highest BCUT2D eigenvalue weighted by Gasteiger charge is 2.61. The van der Waals surface area contributed by atoms with E-state index in [4.69, 9.17) is 4.74 Å². The molecule has 5 rings (SSSR count). The smallest absolute Gasteiger partial charge is 0.312 e. The summed E-state index contributed by atoms with van der Waals surface area (Å²) >= 11 is 0. The van der Waals surface area contributed by atoms with E-state index in [1.807, 2.05) is 0 Å². The van der Waals surface area contributed by atoms with E-state index >= 15 is 0 Å². The Morgan fingerprint density at radius 1 is 1.14 bits per heavy atom. The normalized spacial score (nSPS) is 34.3. The van der Waals surface area contributed by atoms with Crippen molar-refractivity contribution >= 4 is 17.5 Å². The molecule has 1 aromatic rings. The Labute approximate surface area is 165 Å². The Bertz CT molecular complexity index is 853. The number of H-pyrrole nitrogens is 1. The van der Waals surface area contributed by atoms with Gasteiger partial charge in [0.2, 0.25) is 5.78 Å². The molecule has 4 fully saturated rings. The number of carbonyl (C=O) groups is 3. The molecule has 0 saturated heterocycles. The summed E-state index contributed by atoms with van der Waals surface area (Å²) in [5.74, 6) is -0.0392. The van der Waals surface area contributed by atoms with Gasteiger partial charge in [-0.2, -0.15) is 0 Å². The number of Topliss-reactive ketones (excluding diaryl/α,β-unsaturated/α-hetero) is 2. The summed E-state index contributed by atoms with van der Waals surface area (Å²) in [6, 6.07) is 0. The standard InChI is InChI=1S/C22H29NO5/c1-11-17(13(3)24)12(2)23-18(11)19(25)14(4)28-20(26)21-6-15-5-16(7-21)9-22(27,8-15)10-21/h14-16,23,27H,5-10H2,1-4H3/t14-,15-,16+,21?,22?/m1/s1. The van der Waals surface area contributed by atoms with Gasteiger partial charge in [0.15, 0.2) is 11.9 Å². The third-order valence-electron chi connectivity index (χ3n) is 7.15. The summed E-state index contributed by atoms with van der Waals surface area (Å²) < 4.78 is 5.66. The summed E-state index contributed by atoms with van der Waals surface area (Å²) in [4.78, 5) is 40.8. The van der Waals surface area contributed by atoms with Crippen LogP contribution < -0.4 is 0 Å². The second-order valence-corrected chi connectivity index (χ2v) is 9.56. The highest BCUT2D eigenvalue weighted by Crippen LogP contribution is 2.62. The first-order chi connectivity index (χ1) is 13.0. The minimum atomic E-state index is -0.938. The van der Waals surface area contributed by atoms with Crippen LogP contribution in [0.3, 0.4) is 0 Å². The van der Waals surface area contributed by atoms with Crippen molar-refractivity contribution in [3.8, 4) is 0 Å². The van der Waals surface area contributed by atoms with Crippen LogP contribution >= 0.6 is 0 Å². The van der Waals surface area contributed by atoms with Gasteiger partial charge in [-0.15, -0.1) is 0 Å². The number of aliphatic hydroxyl groups is 1. The van der Waals surface area contributed by atoms with E-state index in [0.717, 1.165) is 32.1 Å². The summed E-state index contributed by atoms with van der Waals surface area (Å²) in [6.45, 7) is 6.54. The number of ether oxygens (including phenoxy) is 1. The maximum absolute atomic E-state index is 13.1. The quantitative estimate of drug-likeness (QED) is 0.597. The van der Waals surface area contributed by atoms with Crippen LogP contribution in [0.5, 0.6) is 0 Å². The van der Waals surface area contributed by atoms with Crippen molar-refractivity contribution in [2.45, 2.75) is 77.9 Å². The third kappa shape index (κ3) is 2.93. The van der Waals surface area contributed by atoms with Crippen molar-refractivity contribution in [3.05, 3.63) is 22.5 Å². The predicted molar refractivity (Wildman–Crippen MR) is 102 cm³/mol. The minimum absolute atomic E-state index is 0.100. The number of rotatable bonds is 5. The molecule has 152 valence electrons. The van der Waals surface area contributed by atoms with Crippen LogP contribution in [0.1, 0.15) is 84.5 Å². The fourth-order valence-corrected chi connectivity index (χ4v) is 6.52. The Balaban J connectivity index is 1.52. The predicted octanol–water partition coefficient (Wildman–Crippen LogP) is 3.28. The summed E-state index contributed by atoms with van der Waals surface area (Å²) in [7, 11) is 0. The Hall–Kier alpha value is -1.95. The molecule has 0 amide bonds. The molecular weight excluding hydrogens is 358 g/mol. The third-order valence-corrected chi connectivity index (χ3v) is 7.15. The van der Waals surface area contributed by atoms with Gasteiger partial charge in [0.1, 0.15) is 0 Å². The first-order valence-corrected chi connectivity index (χ1v) is 10.2. The lowest BCUT2D eigenvalue weighted by Crippen LogP contribution is -2.58. The Morgan fingerprint density at radius 2 is 1.75 bits per heavy atom. The number of aromatic amines is 1. The topological polar surface area (TPSA) is 96.5 Å². The maximum Gasteiger partial charge on any atom is 0.312 e. The molecule has 4 saturated carbocycles. The molecule has 6 heteroatoms. The molecule has 6 nitrogen and oxygen atoms in total. The van der Waals surface area contributed by atoms with Gasteiger partial charge >= 0.3 is 5.97 Å². The van der Waals surface area contributed by atoms with Gasteiger partial charge in [0.05, 0.1) is 16.7 Å². The van der Waals surface area contributed by atoms with Crippen LogP contribution in [0.4, 0.5) is 0 Å². The lowest BCUT2D eigenvalue weighted by molar-refractivity contribution is -0.198. The minimum Gasteiger partial charge on any atom is -0.454 e. The van der Waals surface area contributed by atoms with Crippen LogP contribution in [0.15, 0.2) is 0 Å². The number of carbonyl (C=O) groups excluding carboxylic acids is 3. The van der Waals surface area contributed by atoms with E-state index in [9.17, 15) is 19.5 Å². The molecule has 4 aliphatic rings. The number of aromatic nitrogens is 1. The fourth-order valence-electron chi connectivity index (χ4n) is 6.52. The monoisotopic (exact) mass is 387 g/mol. The van der Waals surface area contributed by atoms with Crippen LogP contribution in [-0.4, -0.2) is 39.3 Å². The summed E-state index contributed by atoms with van der Waals surface area (Å²) in [5, 5.41) is 10.8. The number of esters is 1. The first kappa shape index (κ1) is 19.4. The molecule has 4 aliphatic carbocycles. The van der Waals surface area contributed by atoms with Gasteiger partial charge in [0, 0.05) is 11.3 Å². The average molecular weight is 387 g/mol. The lowest BCUT2D eigenvalue weighted by atomic mass is 9.48. The SMILES string of the molecule is CC(=O)c1c(C)[nH]c(C(=O)[C@@H](C)OC(=O)C23C[C@@H]4C[C@@H](CC(O)(C4)C2)C3)c1C. The van der Waals surface area contributed by atoms with E-state index in [2.05, 4.69) is 4.98 Å². The summed E-state index contributed by atoms with van der Waals surface area (Å²) in [5.41, 5.74) is 0.688. The van der Waals surface area contributed by atoms with Crippen molar-refractivity contribution in [1.82, 2.24) is 4.98 Å². The Kier molecular flexibility index (Phi) is 4.34. The second-order valence-electron chi connectivity index (χ2n) is 9.56. The highest BCUT2D eigenvalue weighted by atomic mass is 16.5. The van der Waals surface area contributed by atoms with Gasteiger partial charge in [-0.3, -0.25) is 14.4 Å². The number of nitrogens with one attached hydrogen (secondary N) is 1. The maximum atomic E-state index is 13.1. The first-order valence-electron chi connectivity index (χ1n) is 10.2. The molecule has 1 heterocycles. The van der Waals surface area contributed by atoms with E-state index < -0.39 is 17.1 Å². The van der Waals surface area contributed by atoms with Gasteiger partial charge in [-0.25, -0.2) is 0 Å². The van der Waals surface area contributed by atoms with E-state index in [-0.39, 0.29) is 17.5 Å². The van der Waals surface area contributed by atoms with Crippen molar-refractivity contribution in [2.75, 3.05) is 0 Å². The van der Waals surface area contributed by atoms with Crippen molar-refractivity contribution in [3.63, 3.8) is 0 Å². The number of ketones is 2. The molecule has 0 spiro atoms. The lowest BCUT2D eigenvalue weighted by Gasteiger charge is -2.58. The molecule has 0 aliphatic heterocycles. The molecular formula is C22H29NO5. The molecule has 4 bridgehead atoms. The average Bonchev–Trinajstić information content (AvgIpc) is 2.86. The van der Waals surface area contributed by atoms with Crippen LogP contribution in [0, 0.1) is 31.1 Å². The zero-order chi connectivity index (χ0) is 20.4. The molecule has 0 aromatic carbocycles. The van der Waals surface area contributed by atoms with E-state index in [1.165, 1.54) is 6.92 Å². The molecule has 28 heavy (non-hydrogen) atoms. The zero-order valence-corrected chi connectivity index (χ0v) is 17.1. The molecule has 2 unspecified atom stereocenters. The fraction of sp³-hybridized carbons (Fsp3) is 0.682. The molecule has 1 aromatic heterocycles. The van der Waals surface area contributed by atoms with Gasteiger partial charge in [0.25, 0.3) is 0 Å². The number of hydrogen-bond donors (Lipinski definition) is 2. The molecule has 0 radical (unpaired) electrons. The van der Waals surface area contributed by atoms with Crippen LogP contribution in [0.25, 0.3) is 0 Å². The van der Waals surface area contributed by atoms with Gasteiger partial charge in [-0.05, 0) is 83.6 Å². The molecule has 5 atom stereocenters. The largest absolute Gasteiger partial charge is 0.454 e. The zero-order valence-electron chi connectivity index (χ0n) is 17.1. The van der Waals surface area contributed by atoms with Gasteiger partial charge < -0.3 is 14.8 Å². The Morgan fingerprint density at radius 3 is 2.25 bits per heavy atom. The number of hydrogen-bond acceptors (Lipinski definition) is 5. The van der Waals surface area contributed by atoms with Crippen molar-refractivity contribution < 1.29 is 24.2 Å². The highest BCUT2D eigenvalue weighted by molar-refractivity contribution is 6.05. The summed E-state index contributed by atoms with van der Waals surface area (Å²) in [6.07, 6.45) is 3.65. The van der Waals surface area contributed by atoms with Crippen LogP contribution in [0.2, 0.25) is 0 Å². The van der Waals surface area contributed by atoms with Crippen molar-refractivity contribution in [2.24, 2.45) is 17.3 Å². The van der Waals surface area contributed by atoms with Crippen LogP contribution in [-0.2, 0) is 9.53 Å². The van der Waals surface area contributed by atoms with E-state index in [0.29, 0.717) is 40.8 Å². The van der Waals surface area contributed by atoms with Crippen molar-refractivity contribution in [1.29, 1.82) is 0 Å². The second kappa shape index (κ2) is 6.28. The van der Waals surface area contributed by atoms with E-state index in [1.54, 1.807) is 20.8 Å². The molecule has 2 N–H and O–H groups in total.